The molecule has 0 saturated heterocycles. The van der Waals surface area contributed by atoms with Crippen molar-refractivity contribution < 1.29 is 19.1 Å². The van der Waals surface area contributed by atoms with Crippen molar-refractivity contribution in [2.75, 3.05) is 18.6 Å². The Hall–Kier alpha value is -3.87. The van der Waals surface area contributed by atoms with Gasteiger partial charge in [0.2, 0.25) is 11.8 Å². The summed E-state index contributed by atoms with van der Waals surface area (Å²) in [6.07, 6.45) is 5.82. The standard InChI is InChI=1S/C31H35N3O4/c1-3-26(30(36)32-23-13-5-4-6-14-23)33(19-21-10-7-15-24(18-21)38-2)28(35)20-34-27-17-9-12-22-11-8-16-25(29(22)27)31(34)37/h7-12,15-18,23,26H,3-6,13-14,19-20H2,1-2H3,(H,32,36)/t26-/m0/s1. The highest BCUT2D eigenvalue weighted by Crippen LogP contribution is 2.37. The molecule has 0 aromatic heterocycles. The molecule has 1 aliphatic heterocycles. The van der Waals surface area contributed by atoms with Crippen molar-refractivity contribution in [2.45, 2.75) is 64.1 Å². The average molecular weight is 514 g/mol. The van der Waals surface area contributed by atoms with Gasteiger partial charge in [0.25, 0.3) is 5.91 Å². The minimum atomic E-state index is -0.647. The van der Waals surface area contributed by atoms with E-state index in [1.165, 1.54) is 6.42 Å². The second-order valence-electron chi connectivity index (χ2n) is 10.2. The zero-order valence-corrected chi connectivity index (χ0v) is 22.1. The highest BCUT2D eigenvalue weighted by molar-refractivity contribution is 6.26. The quantitative estimate of drug-likeness (QED) is 0.434. The fraction of sp³-hybridized carbons (Fsp3) is 0.387. The van der Waals surface area contributed by atoms with E-state index >= 15 is 0 Å². The van der Waals surface area contributed by atoms with Gasteiger partial charge in [-0.25, -0.2) is 0 Å². The second-order valence-corrected chi connectivity index (χ2v) is 10.2. The van der Waals surface area contributed by atoms with Crippen molar-refractivity contribution >= 4 is 34.2 Å². The third-order valence-corrected chi connectivity index (χ3v) is 7.77. The van der Waals surface area contributed by atoms with E-state index in [0.29, 0.717) is 17.7 Å². The van der Waals surface area contributed by atoms with Crippen LogP contribution in [0.4, 0.5) is 5.69 Å². The molecule has 1 N–H and O–H groups in total. The molecule has 1 aliphatic carbocycles. The third kappa shape index (κ3) is 5.10. The first kappa shape index (κ1) is 25.8. The molecule has 0 bridgehead atoms. The third-order valence-electron chi connectivity index (χ3n) is 7.77. The lowest BCUT2D eigenvalue weighted by atomic mass is 9.95. The van der Waals surface area contributed by atoms with Gasteiger partial charge in [0.05, 0.1) is 12.8 Å². The van der Waals surface area contributed by atoms with Gasteiger partial charge in [-0.1, -0.05) is 62.6 Å². The number of hydrogen-bond acceptors (Lipinski definition) is 4. The zero-order chi connectivity index (χ0) is 26.6. The molecule has 7 nitrogen and oxygen atoms in total. The van der Waals surface area contributed by atoms with Gasteiger partial charge in [-0.3, -0.25) is 19.3 Å². The monoisotopic (exact) mass is 513 g/mol. The number of carbonyl (C=O) groups is 3. The van der Waals surface area contributed by atoms with Gasteiger partial charge in [0.1, 0.15) is 18.3 Å². The molecule has 3 aromatic carbocycles. The fourth-order valence-electron chi connectivity index (χ4n) is 5.79. The Bertz CT molecular complexity index is 1340. The van der Waals surface area contributed by atoms with E-state index in [4.69, 9.17) is 4.74 Å². The van der Waals surface area contributed by atoms with E-state index in [-0.39, 0.29) is 36.9 Å². The van der Waals surface area contributed by atoms with E-state index in [1.54, 1.807) is 23.0 Å². The predicted octanol–water partition coefficient (Wildman–Crippen LogP) is 5.06. The molecular weight excluding hydrogens is 478 g/mol. The highest BCUT2D eigenvalue weighted by Gasteiger charge is 2.35. The van der Waals surface area contributed by atoms with E-state index in [1.807, 2.05) is 61.5 Å². The lowest BCUT2D eigenvalue weighted by Gasteiger charge is -2.34. The van der Waals surface area contributed by atoms with Crippen LogP contribution in [-0.4, -0.2) is 48.4 Å². The van der Waals surface area contributed by atoms with Crippen LogP contribution in [0.3, 0.4) is 0 Å². The minimum Gasteiger partial charge on any atom is -0.497 e. The molecule has 3 amide bonds. The van der Waals surface area contributed by atoms with E-state index in [9.17, 15) is 14.4 Å². The van der Waals surface area contributed by atoms with Crippen LogP contribution in [0.15, 0.2) is 60.7 Å². The highest BCUT2D eigenvalue weighted by atomic mass is 16.5. The van der Waals surface area contributed by atoms with Gasteiger partial charge in [0, 0.05) is 23.5 Å². The molecule has 1 heterocycles. The maximum Gasteiger partial charge on any atom is 0.259 e. The Labute approximate surface area is 223 Å². The summed E-state index contributed by atoms with van der Waals surface area (Å²) < 4.78 is 5.39. The summed E-state index contributed by atoms with van der Waals surface area (Å²) in [5.41, 5.74) is 2.20. The summed E-state index contributed by atoms with van der Waals surface area (Å²) in [7, 11) is 1.60. The molecule has 1 fully saturated rings. The number of nitrogens with one attached hydrogen (secondary N) is 1. The van der Waals surface area contributed by atoms with E-state index in [0.717, 1.165) is 47.7 Å². The minimum absolute atomic E-state index is 0.131. The smallest absolute Gasteiger partial charge is 0.259 e. The number of rotatable bonds is 9. The van der Waals surface area contributed by atoms with Crippen LogP contribution >= 0.6 is 0 Å². The molecule has 2 aliphatic rings. The largest absolute Gasteiger partial charge is 0.497 e. The van der Waals surface area contributed by atoms with Gasteiger partial charge >= 0.3 is 0 Å². The molecule has 38 heavy (non-hydrogen) atoms. The van der Waals surface area contributed by atoms with Gasteiger partial charge in [0.15, 0.2) is 0 Å². The molecule has 7 heteroatoms. The Kier molecular flexibility index (Phi) is 7.63. The van der Waals surface area contributed by atoms with Crippen LogP contribution in [0.5, 0.6) is 5.75 Å². The van der Waals surface area contributed by atoms with Crippen molar-refractivity contribution in [1.29, 1.82) is 0 Å². The molecule has 0 spiro atoms. The number of nitrogens with zero attached hydrogens (tertiary/aromatic N) is 2. The van der Waals surface area contributed by atoms with Crippen LogP contribution in [0.25, 0.3) is 10.8 Å². The number of anilines is 1. The molecule has 0 unspecified atom stereocenters. The molecular formula is C31H35N3O4. The van der Waals surface area contributed by atoms with Crippen LogP contribution in [0.2, 0.25) is 0 Å². The summed E-state index contributed by atoms with van der Waals surface area (Å²) in [5, 5.41) is 5.05. The molecule has 5 rings (SSSR count). The molecule has 1 atom stereocenters. The lowest BCUT2D eigenvalue weighted by Crippen LogP contribution is -2.53. The number of hydrogen-bond donors (Lipinski definition) is 1. The SMILES string of the molecule is CC[C@@H](C(=O)NC1CCCCC1)N(Cc1cccc(OC)c1)C(=O)CN1C(=O)c2cccc3cccc1c23. The Morgan fingerprint density at radius 3 is 2.53 bits per heavy atom. The topological polar surface area (TPSA) is 79.0 Å². The fourth-order valence-corrected chi connectivity index (χ4v) is 5.79. The summed E-state index contributed by atoms with van der Waals surface area (Å²) >= 11 is 0. The Morgan fingerprint density at radius 1 is 1.05 bits per heavy atom. The Morgan fingerprint density at radius 2 is 1.79 bits per heavy atom. The van der Waals surface area contributed by atoms with E-state index in [2.05, 4.69) is 5.32 Å². The summed E-state index contributed by atoms with van der Waals surface area (Å²) in [6.45, 7) is 2.03. The number of amides is 3. The summed E-state index contributed by atoms with van der Waals surface area (Å²) in [4.78, 5) is 44.1. The number of ether oxygens (including phenoxy) is 1. The summed E-state index contributed by atoms with van der Waals surface area (Å²) in [5.74, 6) is 0.100. The normalized spacial score (nSPS) is 15.9. The van der Waals surface area contributed by atoms with Crippen molar-refractivity contribution in [1.82, 2.24) is 10.2 Å². The number of methoxy groups -OCH3 is 1. The first-order valence-electron chi connectivity index (χ1n) is 13.6. The summed E-state index contributed by atoms with van der Waals surface area (Å²) in [6, 6.07) is 18.4. The first-order valence-corrected chi connectivity index (χ1v) is 13.6. The van der Waals surface area contributed by atoms with Gasteiger partial charge in [-0.05, 0) is 54.5 Å². The number of benzene rings is 3. The molecule has 1 saturated carbocycles. The number of carbonyl (C=O) groups excluding carboxylic acids is 3. The maximum atomic E-state index is 14.0. The first-order chi connectivity index (χ1) is 18.5. The second kappa shape index (κ2) is 11.3. The lowest BCUT2D eigenvalue weighted by molar-refractivity contribution is -0.140. The van der Waals surface area contributed by atoms with Gasteiger partial charge in [-0.15, -0.1) is 0 Å². The van der Waals surface area contributed by atoms with Crippen LogP contribution in [-0.2, 0) is 16.1 Å². The Balaban J connectivity index is 1.43. The van der Waals surface area contributed by atoms with Crippen LogP contribution in [0, 0.1) is 0 Å². The maximum absolute atomic E-state index is 14.0. The molecule has 3 aromatic rings. The van der Waals surface area contributed by atoms with Crippen molar-refractivity contribution in [3.05, 3.63) is 71.8 Å². The van der Waals surface area contributed by atoms with Crippen LogP contribution in [0.1, 0.15) is 61.4 Å². The van der Waals surface area contributed by atoms with E-state index < -0.39 is 6.04 Å². The molecule has 0 radical (unpaired) electrons. The van der Waals surface area contributed by atoms with Crippen LogP contribution < -0.4 is 15.0 Å². The van der Waals surface area contributed by atoms with Crippen molar-refractivity contribution in [3.8, 4) is 5.75 Å². The predicted molar refractivity (Wildman–Crippen MR) is 148 cm³/mol. The van der Waals surface area contributed by atoms with Crippen molar-refractivity contribution in [3.63, 3.8) is 0 Å². The van der Waals surface area contributed by atoms with Crippen molar-refractivity contribution in [2.24, 2.45) is 0 Å². The average Bonchev–Trinajstić information content (AvgIpc) is 3.21. The van der Waals surface area contributed by atoms with Gasteiger partial charge < -0.3 is 15.0 Å². The zero-order valence-electron chi connectivity index (χ0n) is 22.1. The van der Waals surface area contributed by atoms with Gasteiger partial charge in [-0.2, -0.15) is 0 Å². The molecule has 198 valence electrons.